The van der Waals surface area contributed by atoms with E-state index < -0.39 is 5.25 Å². The van der Waals surface area contributed by atoms with Crippen LogP contribution in [0.5, 0.6) is 5.75 Å². The molecule has 0 spiro atoms. The number of nitrogens with zero attached hydrogens (tertiary/aromatic N) is 2. The third-order valence-electron chi connectivity index (χ3n) is 4.05. The topological polar surface area (TPSA) is 75.0 Å². The zero-order valence-electron chi connectivity index (χ0n) is 16.7. The Labute approximate surface area is 175 Å². The van der Waals surface area contributed by atoms with Crippen molar-refractivity contribution in [2.24, 2.45) is 5.92 Å². The van der Waals surface area contributed by atoms with Crippen molar-refractivity contribution >= 4 is 35.0 Å². The lowest BCUT2D eigenvalue weighted by Crippen LogP contribution is -2.23. The van der Waals surface area contributed by atoms with Gasteiger partial charge in [-0.1, -0.05) is 37.2 Å². The number of nitriles is 1. The third-order valence-corrected chi connectivity index (χ3v) is 5.56. The molecule has 1 unspecified atom stereocenters. The highest BCUT2D eigenvalue weighted by molar-refractivity contribution is 8.00. The van der Waals surface area contributed by atoms with Crippen molar-refractivity contribution in [1.29, 1.82) is 5.26 Å². The van der Waals surface area contributed by atoms with Crippen molar-refractivity contribution in [2.45, 2.75) is 44.4 Å². The van der Waals surface area contributed by atoms with Crippen LogP contribution in [0.25, 0.3) is 0 Å². The Kier molecular flexibility index (Phi) is 7.73. The number of amides is 1. The largest absolute Gasteiger partial charge is 0.495 e. The number of aryl methyl sites for hydroxylation is 1. The van der Waals surface area contributed by atoms with E-state index in [2.05, 4.69) is 30.2 Å². The van der Waals surface area contributed by atoms with E-state index in [9.17, 15) is 10.1 Å². The van der Waals surface area contributed by atoms with Gasteiger partial charge in [-0.15, -0.1) is 0 Å². The van der Waals surface area contributed by atoms with Crippen molar-refractivity contribution < 1.29 is 9.53 Å². The molecule has 0 fully saturated rings. The first kappa shape index (κ1) is 22.1. The molecular formula is C21H24ClN3O2S. The summed E-state index contributed by atoms with van der Waals surface area (Å²) in [5, 5.41) is 12.9. The predicted molar refractivity (Wildman–Crippen MR) is 114 cm³/mol. The molecule has 1 amide bonds. The lowest BCUT2D eigenvalue weighted by atomic mass is 10.1. The molecule has 0 saturated carbocycles. The minimum absolute atomic E-state index is 0.204. The number of anilines is 1. The zero-order valence-corrected chi connectivity index (χ0v) is 18.2. The van der Waals surface area contributed by atoms with Crippen LogP contribution in [0.15, 0.2) is 29.3 Å². The van der Waals surface area contributed by atoms with E-state index >= 15 is 0 Å². The first-order chi connectivity index (χ1) is 13.2. The standard InChI is InChI=1S/C21H24ClN3O2S/c1-12(2)8-16-7-6-15(11-23)21(24-16)28-14(4)20(26)25-18-9-13(3)17(22)10-19(18)27-5/h6-7,9-10,12,14H,8H2,1-5H3,(H,25,26). The van der Waals surface area contributed by atoms with Gasteiger partial charge in [0.15, 0.2) is 0 Å². The number of carbonyl (C=O) groups excluding carboxylic acids is 1. The van der Waals surface area contributed by atoms with E-state index in [0.717, 1.165) is 17.7 Å². The van der Waals surface area contributed by atoms with Crippen LogP contribution in [0, 0.1) is 24.2 Å². The number of rotatable bonds is 7. The Morgan fingerprint density at radius 1 is 1.36 bits per heavy atom. The van der Waals surface area contributed by atoms with Crippen LogP contribution in [-0.4, -0.2) is 23.3 Å². The summed E-state index contributed by atoms with van der Waals surface area (Å²) < 4.78 is 5.31. The molecule has 0 aliphatic rings. The van der Waals surface area contributed by atoms with Crippen molar-refractivity contribution in [2.75, 3.05) is 12.4 Å². The molecule has 148 valence electrons. The summed E-state index contributed by atoms with van der Waals surface area (Å²) in [6.07, 6.45) is 0.821. The molecule has 5 nitrogen and oxygen atoms in total. The molecule has 28 heavy (non-hydrogen) atoms. The fourth-order valence-corrected chi connectivity index (χ4v) is 3.64. The molecule has 1 aromatic heterocycles. The molecule has 1 atom stereocenters. The first-order valence-electron chi connectivity index (χ1n) is 8.96. The molecule has 0 aliphatic carbocycles. The highest BCUT2D eigenvalue weighted by Crippen LogP contribution is 2.32. The molecule has 7 heteroatoms. The van der Waals surface area contributed by atoms with E-state index in [1.807, 2.05) is 13.0 Å². The third kappa shape index (κ3) is 5.63. The van der Waals surface area contributed by atoms with Crippen LogP contribution >= 0.6 is 23.4 Å². The molecule has 1 heterocycles. The molecule has 0 saturated heterocycles. The van der Waals surface area contributed by atoms with Gasteiger partial charge in [0.05, 0.1) is 23.6 Å². The number of halogens is 1. The van der Waals surface area contributed by atoms with Gasteiger partial charge in [0, 0.05) is 16.8 Å². The van der Waals surface area contributed by atoms with Crippen LogP contribution in [-0.2, 0) is 11.2 Å². The van der Waals surface area contributed by atoms with Gasteiger partial charge < -0.3 is 10.1 Å². The van der Waals surface area contributed by atoms with E-state index in [1.165, 1.54) is 18.9 Å². The number of carbonyl (C=O) groups is 1. The van der Waals surface area contributed by atoms with E-state index in [4.69, 9.17) is 16.3 Å². The molecule has 1 N–H and O–H groups in total. The zero-order chi connectivity index (χ0) is 20.8. The van der Waals surface area contributed by atoms with Gasteiger partial charge in [-0.05, 0) is 49.9 Å². The number of benzene rings is 1. The Morgan fingerprint density at radius 3 is 2.68 bits per heavy atom. The van der Waals surface area contributed by atoms with Crippen LogP contribution in [0.1, 0.15) is 37.6 Å². The van der Waals surface area contributed by atoms with E-state index in [1.54, 1.807) is 25.1 Å². The first-order valence-corrected chi connectivity index (χ1v) is 10.2. The monoisotopic (exact) mass is 417 g/mol. The molecule has 0 aliphatic heterocycles. The molecule has 1 aromatic carbocycles. The summed E-state index contributed by atoms with van der Waals surface area (Å²) in [5.41, 5.74) is 2.79. The summed E-state index contributed by atoms with van der Waals surface area (Å²) in [6, 6.07) is 9.24. The quantitative estimate of drug-likeness (QED) is 0.623. The maximum absolute atomic E-state index is 12.7. The van der Waals surface area contributed by atoms with E-state index in [-0.39, 0.29) is 5.91 Å². The average molecular weight is 418 g/mol. The Hall–Kier alpha value is -2.23. The molecule has 0 bridgehead atoms. The smallest absolute Gasteiger partial charge is 0.237 e. The number of thioether (sulfide) groups is 1. The lowest BCUT2D eigenvalue weighted by Gasteiger charge is -2.16. The van der Waals surface area contributed by atoms with Crippen LogP contribution in [0.3, 0.4) is 0 Å². The van der Waals surface area contributed by atoms with Crippen LogP contribution in [0.2, 0.25) is 5.02 Å². The second-order valence-corrected chi connectivity index (χ2v) is 8.65. The van der Waals surface area contributed by atoms with Crippen molar-refractivity contribution in [1.82, 2.24) is 4.98 Å². The van der Waals surface area contributed by atoms with Crippen molar-refractivity contribution in [3.05, 3.63) is 46.1 Å². The van der Waals surface area contributed by atoms with Gasteiger partial charge in [0.2, 0.25) is 5.91 Å². The van der Waals surface area contributed by atoms with Gasteiger partial charge in [0.1, 0.15) is 16.8 Å². The second-order valence-electron chi connectivity index (χ2n) is 6.92. The SMILES string of the molecule is COc1cc(Cl)c(C)cc1NC(=O)C(C)Sc1nc(CC(C)C)ccc1C#N. The number of aromatic nitrogens is 1. The molecular weight excluding hydrogens is 394 g/mol. The lowest BCUT2D eigenvalue weighted by molar-refractivity contribution is -0.115. The highest BCUT2D eigenvalue weighted by Gasteiger charge is 2.20. The second kappa shape index (κ2) is 9.81. The van der Waals surface area contributed by atoms with Gasteiger partial charge in [-0.3, -0.25) is 4.79 Å². The van der Waals surface area contributed by atoms with E-state index in [0.29, 0.717) is 33.0 Å². The molecule has 2 aromatic rings. The van der Waals surface area contributed by atoms with Crippen LogP contribution < -0.4 is 10.1 Å². The highest BCUT2D eigenvalue weighted by atomic mass is 35.5. The number of ether oxygens (including phenoxy) is 1. The fraction of sp³-hybridized carbons (Fsp3) is 0.381. The summed E-state index contributed by atoms with van der Waals surface area (Å²) in [5.74, 6) is 0.750. The summed E-state index contributed by atoms with van der Waals surface area (Å²) in [7, 11) is 1.53. The summed E-state index contributed by atoms with van der Waals surface area (Å²) >= 11 is 7.39. The van der Waals surface area contributed by atoms with Gasteiger partial charge >= 0.3 is 0 Å². The van der Waals surface area contributed by atoms with Crippen molar-refractivity contribution in [3.63, 3.8) is 0 Å². The van der Waals surface area contributed by atoms with Crippen molar-refractivity contribution in [3.8, 4) is 11.8 Å². The maximum atomic E-state index is 12.7. The molecule has 0 radical (unpaired) electrons. The Balaban J connectivity index is 2.19. The normalized spacial score (nSPS) is 11.8. The molecule has 2 rings (SSSR count). The Bertz CT molecular complexity index is 909. The minimum Gasteiger partial charge on any atom is -0.495 e. The maximum Gasteiger partial charge on any atom is 0.237 e. The van der Waals surface area contributed by atoms with Gasteiger partial charge in [-0.25, -0.2) is 4.98 Å². The van der Waals surface area contributed by atoms with Gasteiger partial charge in [0.25, 0.3) is 0 Å². The number of methoxy groups -OCH3 is 1. The minimum atomic E-state index is -0.449. The summed E-state index contributed by atoms with van der Waals surface area (Å²) in [4.78, 5) is 17.3. The predicted octanol–water partition coefficient (Wildman–Crippen LogP) is 5.24. The van der Waals surface area contributed by atoms with Gasteiger partial charge in [-0.2, -0.15) is 5.26 Å². The fourth-order valence-electron chi connectivity index (χ4n) is 2.57. The van der Waals surface area contributed by atoms with Crippen LogP contribution in [0.4, 0.5) is 5.69 Å². The number of hydrogen-bond acceptors (Lipinski definition) is 5. The number of pyridine rings is 1. The number of hydrogen-bond donors (Lipinski definition) is 1. The average Bonchev–Trinajstić information content (AvgIpc) is 2.64. The summed E-state index contributed by atoms with van der Waals surface area (Å²) in [6.45, 7) is 7.88. The number of nitrogens with one attached hydrogen (secondary N) is 1. The Morgan fingerprint density at radius 2 is 2.07 bits per heavy atom.